The third kappa shape index (κ3) is 3.17. The van der Waals surface area contributed by atoms with E-state index in [-0.39, 0.29) is 11.9 Å². The van der Waals surface area contributed by atoms with E-state index in [1.54, 1.807) is 17.3 Å². The summed E-state index contributed by atoms with van der Waals surface area (Å²) >= 11 is 5.75. The predicted molar refractivity (Wildman–Crippen MR) is 80.7 cm³/mol. The lowest BCUT2D eigenvalue weighted by atomic mass is 10.1. The number of pyridine rings is 1. The molecule has 1 atom stereocenters. The summed E-state index contributed by atoms with van der Waals surface area (Å²) in [5, 5.41) is 0. The molecule has 4 heteroatoms. The minimum Gasteiger partial charge on any atom is -0.335 e. The van der Waals surface area contributed by atoms with Crippen molar-refractivity contribution in [3.05, 3.63) is 65.5 Å². The molecule has 0 aliphatic rings. The van der Waals surface area contributed by atoms with Gasteiger partial charge in [-0.1, -0.05) is 12.1 Å². The van der Waals surface area contributed by atoms with Crippen molar-refractivity contribution in [1.82, 2.24) is 9.88 Å². The van der Waals surface area contributed by atoms with Crippen LogP contribution in [0.4, 0.5) is 0 Å². The molecule has 0 aliphatic carbocycles. The molecule has 0 saturated carbocycles. The molecule has 0 fully saturated rings. The summed E-state index contributed by atoms with van der Waals surface area (Å²) in [6, 6.07) is 11.2. The minimum atomic E-state index is -0.00423. The Balaban J connectivity index is 2.15. The van der Waals surface area contributed by atoms with Crippen molar-refractivity contribution in [2.24, 2.45) is 0 Å². The van der Waals surface area contributed by atoms with Gasteiger partial charge in [-0.2, -0.15) is 0 Å². The molecule has 0 spiro atoms. The highest BCUT2D eigenvalue weighted by Crippen LogP contribution is 2.20. The number of hydrogen-bond acceptors (Lipinski definition) is 2. The second-order valence-electron chi connectivity index (χ2n) is 4.70. The molecule has 3 nitrogen and oxygen atoms in total. The first-order chi connectivity index (χ1) is 9.63. The highest BCUT2D eigenvalue weighted by Gasteiger charge is 2.18. The van der Waals surface area contributed by atoms with Crippen molar-refractivity contribution < 1.29 is 4.79 Å². The molecule has 2 aromatic rings. The summed E-state index contributed by atoms with van der Waals surface area (Å²) < 4.78 is 0. The van der Waals surface area contributed by atoms with E-state index in [0.29, 0.717) is 11.4 Å². The number of halogens is 1. The Morgan fingerprint density at radius 2 is 1.80 bits per heavy atom. The monoisotopic (exact) mass is 288 g/mol. The summed E-state index contributed by atoms with van der Waals surface area (Å²) in [4.78, 5) is 18.2. The van der Waals surface area contributed by atoms with Gasteiger partial charge in [0.15, 0.2) is 0 Å². The van der Waals surface area contributed by atoms with Crippen LogP contribution in [-0.4, -0.2) is 22.8 Å². The largest absolute Gasteiger partial charge is 0.335 e. The fourth-order valence-corrected chi connectivity index (χ4v) is 2.16. The average molecular weight is 289 g/mol. The van der Waals surface area contributed by atoms with Crippen molar-refractivity contribution >= 4 is 17.5 Å². The molecule has 1 aromatic carbocycles. The van der Waals surface area contributed by atoms with Crippen molar-refractivity contribution in [3.8, 4) is 0 Å². The first kappa shape index (κ1) is 14.5. The van der Waals surface area contributed by atoms with Gasteiger partial charge >= 0.3 is 0 Å². The maximum absolute atomic E-state index is 12.4. The van der Waals surface area contributed by atoms with E-state index >= 15 is 0 Å². The maximum Gasteiger partial charge on any atom is 0.254 e. The van der Waals surface area contributed by atoms with Crippen LogP contribution >= 0.6 is 11.6 Å². The average Bonchev–Trinajstić information content (AvgIpc) is 2.53. The van der Waals surface area contributed by atoms with E-state index in [1.807, 2.05) is 50.4 Å². The zero-order valence-electron chi connectivity index (χ0n) is 11.6. The molecule has 20 heavy (non-hydrogen) atoms. The van der Waals surface area contributed by atoms with Crippen molar-refractivity contribution in [3.63, 3.8) is 0 Å². The van der Waals surface area contributed by atoms with Crippen molar-refractivity contribution in [1.29, 1.82) is 0 Å². The van der Waals surface area contributed by atoms with E-state index in [4.69, 9.17) is 11.6 Å². The van der Waals surface area contributed by atoms with Crippen LogP contribution in [0.5, 0.6) is 0 Å². The number of carbonyl (C=O) groups is 1. The molecular weight excluding hydrogens is 272 g/mol. The van der Waals surface area contributed by atoms with Crippen LogP contribution in [0.2, 0.25) is 0 Å². The molecule has 1 aromatic heterocycles. The fraction of sp³-hybridized carbons (Fsp3) is 0.250. The number of carbonyl (C=O) groups excluding carboxylic acids is 1. The molecule has 0 radical (unpaired) electrons. The topological polar surface area (TPSA) is 33.2 Å². The van der Waals surface area contributed by atoms with Crippen LogP contribution < -0.4 is 0 Å². The van der Waals surface area contributed by atoms with E-state index in [9.17, 15) is 4.79 Å². The Labute approximate surface area is 124 Å². The fourth-order valence-electron chi connectivity index (χ4n) is 1.98. The van der Waals surface area contributed by atoms with Gasteiger partial charge in [-0.15, -0.1) is 11.6 Å². The second kappa shape index (κ2) is 6.53. The van der Waals surface area contributed by atoms with Crippen molar-refractivity contribution in [2.45, 2.75) is 18.8 Å². The summed E-state index contributed by atoms with van der Waals surface area (Å²) in [6.45, 7) is 2.00. The van der Waals surface area contributed by atoms with Gasteiger partial charge in [-0.3, -0.25) is 9.78 Å². The van der Waals surface area contributed by atoms with Gasteiger partial charge in [0.2, 0.25) is 0 Å². The predicted octanol–water partition coefficient (Wildman–Crippen LogP) is 3.65. The zero-order valence-corrected chi connectivity index (χ0v) is 12.3. The third-order valence-electron chi connectivity index (χ3n) is 3.44. The van der Waals surface area contributed by atoms with Gasteiger partial charge in [0, 0.05) is 30.9 Å². The lowest BCUT2D eigenvalue weighted by Crippen LogP contribution is -2.29. The molecule has 104 valence electrons. The smallest absolute Gasteiger partial charge is 0.254 e. The van der Waals surface area contributed by atoms with E-state index in [1.165, 1.54) is 0 Å². The molecular formula is C16H17ClN2O. The van der Waals surface area contributed by atoms with Gasteiger partial charge in [0.25, 0.3) is 5.91 Å². The van der Waals surface area contributed by atoms with Crippen molar-refractivity contribution in [2.75, 3.05) is 7.05 Å². The molecule has 0 aliphatic heterocycles. The van der Waals surface area contributed by atoms with E-state index < -0.39 is 0 Å². The molecule has 1 unspecified atom stereocenters. The third-order valence-corrected chi connectivity index (χ3v) is 3.75. The Morgan fingerprint density at radius 1 is 1.20 bits per heavy atom. The van der Waals surface area contributed by atoms with Gasteiger partial charge in [-0.25, -0.2) is 0 Å². The number of benzene rings is 1. The van der Waals surface area contributed by atoms with Gasteiger partial charge in [0.05, 0.1) is 6.04 Å². The number of rotatable bonds is 4. The minimum absolute atomic E-state index is 0.00166. The molecule has 1 amide bonds. The summed E-state index contributed by atoms with van der Waals surface area (Å²) in [5.74, 6) is 0.452. The number of amides is 1. The summed E-state index contributed by atoms with van der Waals surface area (Å²) in [6.07, 6.45) is 3.47. The number of aromatic nitrogens is 1. The maximum atomic E-state index is 12.4. The highest BCUT2D eigenvalue weighted by atomic mass is 35.5. The van der Waals surface area contributed by atoms with Crippen LogP contribution in [0.3, 0.4) is 0 Å². The quantitative estimate of drug-likeness (QED) is 0.805. The Kier molecular flexibility index (Phi) is 4.74. The normalized spacial score (nSPS) is 11.9. The van der Waals surface area contributed by atoms with Crippen LogP contribution in [-0.2, 0) is 5.88 Å². The first-order valence-corrected chi connectivity index (χ1v) is 6.99. The number of hydrogen-bond donors (Lipinski definition) is 0. The molecule has 2 rings (SSSR count). The zero-order chi connectivity index (χ0) is 14.5. The number of nitrogens with zero attached hydrogens (tertiary/aromatic N) is 2. The Bertz CT molecular complexity index is 569. The van der Waals surface area contributed by atoms with Crippen LogP contribution in [0, 0.1) is 0 Å². The van der Waals surface area contributed by atoms with Gasteiger partial charge < -0.3 is 4.90 Å². The first-order valence-electron chi connectivity index (χ1n) is 6.45. The highest BCUT2D eigenvalue weighted by molar-refractivity contribution is 6.17. The van der Waals surface area contributed by atoms with Crippen LogP contribution in [0.25, 0.3) is 0 Å². The summed E-state index contributed by atoms with van der Waals surface area (Å²) in [5.41, 5.74) is 2.74. The standard InChI is InChI=1S/C16H17ClN2O/c1-12(14-7-9-18-10-8-14)19(2)16(20)15-5-3-13(11-17)4-6-15/h3-10,12H,11H2,1-2H3. The molecule has 1 heterocycles. The Morgan fingerprint density at radius 3 is 2.35 bits per heavy atom. The lowest BCUT2D eigenvalue weighted by molar-refractivity contribution is 0.0742. The van der Waals surface area contributed by atoms with Gasteiger partial charge in [-0.05, 0) is 42.3 Å². The van der Waals surface area contributed by atoms with E-state index in [0.717, 1.165) is 11.1 Å². The van der Waals surface area contributed by atoms with Crippen LogP contribution in [0.1, 0.15) is 34.5 Å². The van der Waals surface area contributed by atoms with Gasteiger partial charge in [0.1, 0.15) is 0 Å². The molecule has 0 saturated heterocycles. The SMILES string of the molecule is CC(c1ccncc1)N(C)C(=O)c1ccc(CCl)cc1. The molecule has 0 N–H and O–H groups in total. The second-order valence-corrected chi connectivity index (χ2v) is 4.97. The number of alkyl halides is 1. The van der Waals surface area contributed by atoms with E-state index in [2.05, 4.69) is 4.98 Å². The lowest BCUT2D eigenvalue weighted by Gasteiger charge is -2.25. The van der Waals surface area contributed by atoms with Crippen LogP contribution in [0.15, 0.2) is 48.8 Å². The summed E-state index contributed by atoms with van der Waals surface area (Å²) in [7, 11) is 1.81. The Hall–Kier alpha value is -1.87. The molecule has 0 bridgehead atoms.